The standard InChI is InChI=1S/C22H28O6/c1-11(2)8-19(24)27-18-9-17-15(10-26-14(5)23)6-7-16-12(3)22(25)28-21(16)20(17)13(18)4/h11,16,18,20-21H,3-4,6-10H2,1-2,5H3. The fourth-order valence-corrected chi connectivity index (χ4v) is 4.43. The fourth-order valence-electron chi connectivity index (χ4n) is 4.43. The first-order valence-corrected chi connectivity index (χ1v) is 9.81. The van der Waals surface area contributed by atoms with E-state index in [0.29, 0.717) is 31.3 Å². The predicted octanol–water partition coefficient (Wildman–Crippen LogP) is 3.27. The molecule has 0 aromatic rings. The van der Waals surface area contributed by atoms with Crippen LogP contribution < -0.4 is 0 Å². The minimum atomic E-state index is -0.454. The number of hydrogen-bond acceptors (Lipinski definition) is 6. The summed E-state index contributed by atoms with van der Waals surface area (Å²) >= 11 is 0. The lowest BCUT2D eigenvalue weighted by Gasteiger charge is -2.24. The van der Waals surface area contributed by atoms with Crippen LogP contribution in [0.1, 0.15) is 46.5 Å². The normalized spacial score (nSPS) is 29.4. The van der Waals surface area contributed by atoms with Gasteiger partial charge in [0.1, 0.15) is 18.8 Å². The molecule has 6 heteroatoms. The molecule has 1 heterocycles. The average Bonchev–Trinajstić information content (AvgIpc) is 2.99. The zero-order valence-corrected chi connectivity index (χ0v) is 16.8. The van der Waals surface area contributed by atoms with Gasteiger partial charge in [0, 0.05) is 37.2 Å². The summed E-state index contributed by atoms with van der Waals surface area (Å²) in [5.41, 5.74) is 3.24. The molecule has 1 saturated heterocycles. The summed E-state index contributed by atoms with van der Waals surface area (Å²) in [4.78, 5) is 35.6. The molecule has 6 nitrogen and oxygen atoms in total. The van der Waals surface area contributed by atoms with E-state index in [2.05, 4.69) is 13.2 Å². The van der Waals surface area contributed by atoms with Gasteiger partial charge in [0.25, 0.3) is 0 Å². The minimum Gasteiger partial charge on any atom is -0.461 e. The van der Waals surface area contributed by atoms with Crippen molar-refractivity contribution in [3.63, 3.8) is 0 Å². The van der Waals surface area contributed by atoms with Crippen LogP contribution in [-0.2, 0) is 28.6 Å². The van der Waals surface area contributed by atoms with Crippen LogP contribution >= 0.6 is 0 Å². The van der Waals surface area contributed by atoms with Gasteiger partial charge in [0.05, 0.1) is 0 Å². The quantitative estimate of drug-likeness (QED) is 0.311. The Morgan fingerprint density at radius 2 is 2.00 bits per heavy atom. The third kappa shape index (κ3) is 3.91. The molecule has 2 fully saturated rings. The molecule has 1 aliphatic heterocycles. The van der Waals surface area contributed by atoms with Crippen molar-refractivity contribution in [2.24, 2.45) is 17.8 Å². The number of hydrogen-bond donors (Lipinski definition) is 0. The van der Waals surface area contributed by atoms with Crippen LogP contribution in [0.25, 0.3) is 0 Å². The second-order valence-electron chi connectivity index (χ2n) is 8.28. The second kappa shape index (κ2) is 7.94. The number of carbonyl (C=O) groups is 3. The van der Waals surface area contributed by atoms with Crippen LogP contribution in [0.15, 0.2) is 35.5 Å². The van der Waals surface area contributed by atoms with Gasteiger partial charge in [0.15, 0.2) is 0 Å². The molecule has 0 N–H and O–H groups in total. The van der Waals surface area contributed by atoms with E-state index < -0.39 is 6.10 Å². The maximum atomic E-state index is 12.2. The largest absolute Gasteiger partial charge is 0.461 e. The molecule has 152 valence electrons. The molecule has 0 aromatic carbocycles. The van der Waals surface area contributed by atoms with Gasteiger partial charge in [-0.15, -0.1) is 0 Å². The van der Waals surface area contributed by atoms with E-state index in [-0.39, 0.29) is 48.4 Å². The van der Waals surface area contributed by atoms with Crippen molar-refractivity contribution in [3.05, 3.63) is 35.5 Å². The number of rotatable bonds is 5. The third-order valence-electron chi connectivity index (χ3n) is 5.78. The van der Waals surface area contributed by atoms with Crippen molar-refractivity contribution in [1.82, 2.24) is 0 Å². The van der Waals surface area contributed by atoms with E-state index >= 15 is 0 Å². The number of carbonyl (C=O) groups excluding carboxylic acids is 3. The molecule has 3 rings (SSSR count). The summed E-state index contributed by atoms with van der Waals surface area (Å²) in [5, 5.41) is 0. The summed E-state index contributed by atoms with van der Waals surface area (Å²) < 4.78 is 16.6. The van der Waals surface area contributed by atoms with Crippen LogP contribution in [0.2, 0.25) is 0 Å². The van der Waals surface area contributed by atoms with E-state index in [9.17, 15) is 14.4 Å². The monoisotopic (exact) mass is 388 g/mol. The Labute approximate surface area is 165 Å². The van der Waals surface area contributed by atoms with E-state index in [1.807, 2.05) is 13.8 Å². The van der Waals surface area contributed by atoms with Crippen LogP contribution in [0, 0.1) is 17.8 Å². The lowest BCUT2D eigenvalue weighted by Crippen LogP contribution is -2.28. The number of esters is 3. The molecular formula is C22H28O6. The Morgan fingerprint density at radius 3 is 2.64 bits per heavy atom. The highest BCUT2D eigenvalue weighted by atomic mass is 16.6. The number of ether oxygens (including phenoxy) is 3. The highest BCUT2D eigenvalue weighted by Gasteiger charge is 2.51. The molecule has 3 aliphatic rings. The molecular weight excluding hydrogens is 360 g/mol. The summed E-state index contributed by atoms with van der Waals surface area (Å²) in [7, 11) is 0. The topological polar surface area (TPSA) is 78.9 Å². The SMILES string of the molecule is C=C1C(=O)OC2C1CCC(COC(C)=O)=C1CC(OC(=O)CC(C)C)C(=C)C12. The molecule has 1 saturated carbocycles. The molecule has 0 spiro atoms. The minimum absolute atomic E-state index is 0.107. The molecule has 0 radical (unpaired) electrons. The lowest BCUT2D eigenvalue weighted by molar-refractivity contribution is -0.148. The third-order valence-corrected chi connectivity index (χ3v) is 5.78. The summed E-state index contributed by atoms with van der Waals surface area (Å²) in [5.74, 6) is -1.12. The van der Waals surface area contributed by atoms with Crippen molar-refractivity contribution in [2.45, 2.75) is 58.7 Å². The van der Waals surface area contributed by atoms with Gasteiger partial charge in [-0.05, 0) is 29.9 Å². The van der Waals surface area contributed by atoms with Crippen LogP contribution in [-0.4, -0.2) is 36.7 Å². The zero-order chi connectivity index (χ0) is 20.6. The maximum Gasteiger partial charge on any atom is 0.334 e. The summed E-state index contributed by atoms with van der Waals surface area (Å²) in [6.45, 7) is 13.6. The van der Waals surface area contributed by atoms with Crippen LogP contribution in [0.3, 0.4) is 0 Å². The van der Waals surface area contributed by atoms with Gasteiger partial charge in [-0.25, -0.2) is 4.79 Å². The molecule has 0 bridgehead atoms. The van der Waals surface area contributed by atoms with E-state index in [4.69, 9.17) is 14.2 Å². The molecule has 4 unspecified atom stereocenters. The van der Waals surface area contributed by atoms with Gasteiger partial charge in [-0.1, -0.05) is 32.6 Å². The van der Waals surface area contributed by atoms with E-state index in [1.165, 1.54) is 6.92 Å². The maximum absolute atomic E-state index is 12.2. The zero-order valence-electron chi connectivity index (χ0n) is 16.8. The van der Waals surface area contributed by atoms with Gasteiger partial charge in [0.2, 0.25) is 0 Å². The van der Waals surface area contributed by atoms with Crippen molar-refractivity contribution in [2.75, 3.05) is 6.61 Å². The van der Waals surface area contributed by atoms with Crippen molar-refractivity contribution < 1.29 is 28.6 Å². The van der Waals surface area contributed by atoms with Crippen molar-refractivity contribution in [1.29, 1.82) is 0 Å². The van der Waals surface area contributed by atoms with Crippen LogP contribution in [0.5, 0.6) is 0 Å². The van der Waals surface area contributed by atoms with E-state index in [0.717, 1.165) is 16.7 Å². The molecule has 28 heavy (non-hydrogen) atoms. The summed E-state index contributed by atoms with van der Waals surface area (Å²) in [6, 6.07) is 0. The molecule has 2 aliphatic carbocycles. The first-order chi connectivity index (χ1) is 13.2. The van der Waals surface area contributed by atoms with E-state index in [1.54, 1.807) is 0 Å². The first-order valence-electron chi connectivity index (χ1n) is 9.81. The smallest absolute Gasteiger partial charge is 0.334 e. The predicted molar refractivity (Wildman–Crippen MR) is 102 cm³/mol. The van der Waals surface area contributed by atoms with Gasteiger partial charge >= 0.3 is 17.9 Å². The average molecular weight is 388 g/mol. The Morgan fingerprint density at radius 1 is 1.29 bits per heavy atom. The van der Waals surface area contributed by atoms with Crippen molar-refractivity contribution >= 4 is 17.9 Å². The lowest BCUT2D eigenvalue weighted by atomic mass is 9.84. The van der Waals surface area contributed by atoms with Crippen LogP contribution in [0.4, 0.5) is 0 Å². The van der Waals surface area contributed by atoms with Gasteiger partial charge < -0.3 is 14.2 Å². The highest BCUT2D eigenvalue weighted by Crippen LogP contribution is 2.50. The number of fused-ring (bicyclic) bond motifs is 3. The summed E-state index contributed by atoms with van der Waals surface area (Å²) in [6.07, 6.45) is 1.38. The molecule has 4 atom stereocenters. The Balaban J connectivity index is 1.90. The van der Waals surface area contributed by atoms with Crippen molar-refractivity contribution in [3.8, 4) is 0 Å². The second-order valence-corrected chi connectivity index (χ2v) is 8.28. The fraction of sp³-hybridized carbons (Fsp3) is 0.591. The highest BCUT2D eigenvalue weighted by molar-refractivity contribution is 5.91. The molecule has 0 amide bonds. The Bertz CT molecular complexity index is 759. The Kier molecular flexibility index (Phi) is 5.77. The Hall–Kier alpha value is -2.37. The van der Waals surface area contributed by atoms with Gasteiger partial charge in [-0.3, -0.25) is 9.59 Å². The first kappa shape index (κ1) is 20.4. The molecule has 0 aromatic heterocycles. The van der Waals surface area contributed by atoms with Gasteiger partial charge in [-0.2, -0.15) is 0 Å².